The number of carbonyl (C=O) groups is 1. The SMILES string of the molecule is CCCCC(=O)NCc1cncc(-c2c[nH]c3ncc(-c4cn[nH]c4)nc23)c1. The summed E-state index contributed by atoms with van der Waals surface area (Å²) in [5, 5.41) is 9.70. The van der Waals surface area contributed by atoms with E-state index in [1.807, 2.05) is 12.3 Å². The van der Waals surface area contributed by atoms with Gasteiger partial charge in [-0.15, -0.1) is 0 Å². The lowest BCUT2D eigenvalue weighted by atomic mass is 10.1. The molecule has 8 heteroatoms. The molecule has 0 bridgehead atoms. The first-order valence-corrected chi connectivity index (χ1v) is 9.29. The van der Waals surface area contributed by atoms with E-state index in [9.17, 15) is 4.79 Å². The number of hydrogen-bond donors (Lipinski definition) is 3. The average molecular weight is 375 g/mol. The highest BCUT2D eigenvalue weighted by atomic mass is 16.1. The van der Waals surface area contributed by atoms with E-state index in [2.05, 4.69) is 37.4 Å². The summed E-state index contributed by atoms with van der Waals surface area (Å²) < 4.78 is 0. The molecule has 4 aromatic heterocycles. The minimum absolute atomic E-state index is 0.0648. The smallest absolute Gasteiger partial charge is 0.220 e. The van der Waals surface area contributed by atoms with Crippen molar-refractivity contribution >= 4 is 17.1 Å². The number of pyridine rings is 1. The molecule has 142 valence electrons. The Labute approximate surface area is 161 Å². The van der Waals surface area contributed by atoms with Crippen LogP contribution in [-0.4, -0.2) is 36.0 Å². The lowest BCUT2D eigenvalue weighted by molar-refractivity contribution is -0.121. The highest BCUT2D eigenvalue weighted by Gasteiger charge is 2.12. The number of unbranched alkanes of at least 4 members (excludes halogenated alkanes) is 1. The van der Waals surface area contributed by atoms with E-state index in [-0.39, 0.29) is 5.91 Å². The van der Waals surface area contributed by atoms with Crippen molar-refractivity contribution in [1.29, 1.82) is 0 Å². The molecule has 4 heterocycles. The van der Waals surface area contributed by atoms with E-state index in [0.29, 0.717) is 18.6 Å². The number of fused-ring (bicyclic) bond motifs is 1. The molecular formula is C20H21N7O. The first kappa shape index (κ1) is 17.8. The molecule has 4 rings (SSSR count). The second-order valence-corrected chi connectivity index (χ2v) is 6.60. The van der Waals surface area contributed by atoms with Crippen molar-refractivity contribution in [3.63, 3.8) is 0 Å². The van der Waals surface area contributed by atoms with Crippen molar-refractivity contribution in [2.24, 2.45) is 0 Å². The van der Waals surface area contributed by atoms with Crippen LogP contribution in [0.15, 0.2) is 43.2 Å². The van der Waals surface area contributed by atoms with E-state index < -0.39 is 0 Å². The Hall–Kier alpha value is -3.55. The summed E-state index contributed by atoms with van der Waals surface area (Å²) >= 11 is 0. The van der Waals surface area contributed by atoms with E-state index in [4.69, 9.17) is 4.98 Å². The highest BCUT2D eigenvalue weighted by molar-refractivity contribution is 5.91. The van der Waals surface area contributed by atoms with Gasteiger partial charge >= 0.3 is 0 Å². The van der Waals surface area contributed by atoms with Crippen LogP contribution in [0.25, 0.3) is 33.5 Å². The number of nitrogens with one attached hydrogen (secondary N) is 3. The Morgan fingerprint density at radius 2 is 2.07 bits per heavy atom. The zero-order valence-corrected chi connectivity index (χ0v) is 15.6. The number of hydrogen-bond acceptors (Lipinski definition) is 5. The summed E-state index contributed by atoms with van der Waals surface area (Å²) in [4.78, 5) is 28.5. The molecule has 8 nitrogen and oxygen atoms in total. The second kappa shape index (κ2) is 7.99. The zero-order chi connectivity index (χ0) is 19.3. The molecule has 0 atom stereocenters. The molecule has 0 aliphatic heterocycles. The van der Waals surface area contributed by atoms with Gasteiger partial charge in [0.1, 0.15) is 5.52 Å². The lowest BCUT2D eigenvalue weighted by Crippen LogP contribution is -2.22. The maximum atomic E-state index is 11.9. The van der Waals surface area contributed by atoms with Crippen molar-refractivity contribution in [3.8, 4) is 22.4 Å². The molecule has 0 radical (unpaired) electrons. The molecule has 0 aromatic carbocycles. The molecule has 0 fully saturated rings. The van der Waals surface area contributed by atoms with Gasteiger partial charge in [-0.05, 0) is 18.1 Å². The molecule has 0 spiro atoms. The van der Waals surface area contributed by atoms with Crippen molar-refractivity contribution < 1.29 is 4.79 Å². The van der Waals surface area contributed by atoms with Crippen LogP contribution in [0.4, 0.5) is 0 Å². The molecule has 28 heavy (non-hydrogen) atoms. The minimum Gasteiger partial charge on any atom is -0.352 e. The monoisotopic (exact) mass is 375 g/mol. The van der Waals surface area contributed by atoms with Crippen molar-refractivity contribution in [2.45, 2.75) is 32.7 Å². The van der Waals surface area contributed by atoms with Gasteiger partial charge in [0.15, 0.2) is 5.65 Å². The van der Waals surface area contributed by atoms with Gasteiger partial charge in [0.05, 0.1) is 18.1 Å². The number of H-pyrrole nitrogens is 2. The topological polar surface area (TPSA) is 112 Å². The molecule has 0 saturated heterocycles. The van der Waals surface area contributed by atoms with Crippen LogP contribution in [-0.2, 0) is 11.3 Å². The third kappa shape index (κ3) is 3.75. The van der Waals surface area contributed by atoms with Crippen molar-refractivity contribution in [1.82, 2.24) is 35.5 Å². The van der Waals surface area contributed by atoms with Gasteiger partial charge in [-0.1, -0.05) is 13.3 Å². The lowest BCUT2D eigenvalue weighted by Gasteiger charge is -2.06. The number of aromatic nitrogens is 6. The minimum atomic E-state index is 0.0648. The summed E-state index contributed by atoms with van der Waals surface area (Å²) in [6.07, 6.45) is 13.1. The average Bonchev–Trinajstić information content (AvgIpc) is 3.40. The quantitative estimate of drug-likeness (QED) is 0.459. The van der Waals surface area contributed by atoms with Gasteiger partial charge < -0.3 is 10.3 Å². The van der Waals surface area contributed by atoms with Gasteiger partial charge in [-0.3, -0.25) is 14.9 Å². The third-order valence-corrected chi connectivity index (χ3v) is 4.53. The van der Waals surface area contributed by atoms with E-state index in [1.165, 1.54) is 0 Å². The molecule has 0 aliphatic carbocycles. The van der Waals surface area contributed by atoms with Gasteiger partial charge in [-0.25, -0.2) is 9.97 Å². The summed E-state index contributed by atoms with van der Waals surface area (Å²) in [6.45, 7) is 2.53. The standard InChI is InChI=1S/C20H21N7O/c1-2-3-4-18(28)22-7-13-5-14(8-21-6-13)16-11-23-20-19(16)27-17(12-24-20)15-9-25-26-10-15/h5-6,8-12H,2-4,7H2,1H3,(H,22,28)(H,23,24)(H,25,26). The third-order valence-electron chi connectivity index (χ3n) is 4.53. The molecular weight excluding hydrogens is 354 g/mol. The first-order valence-electron chi connectivity index (χ1n) is 9.29. The summed E-state index contributed by atoms with van der Waals surface area (Å²) in [6, 6.07) is 2.02. The number of aromatic amines is 2. The Morgan fingerprint density at radius 1 is 1.14 bits per heavy atom. The fourth-order valence-corrected chi connectivity index (χ4v) is 3.00. The molecule has 0 unspecified atom stereocenters. The van der Waals surface area contributed by atoms with Gasteiger partial charge in [-0.2, -0.15) is 5.10 Å². The fourth-order valence-electron chi connectivity index (χ4n) is 3.00. The van der Waals surface area contributed by atoms with E-state index >= 15 is 0 Å². The Kier molecular flexibility index (Phi) is 5.09. The predicted octanol–water partition coefficient (Wildman–Crippen LogP) is 3.22. The van der Waals surface area contributed by atoms with Crippen molar-refractivity contribution in [3.05, 3.63) is 48.8 Å². The normalized spacial score (nSPS) is 11.0. The molecule has 0 aliphatic rings. The number of carbonyl (C=O) groups excluding carboxylic acids is 1. The fraction of sp³-hybridized carbons (Fsp3) is 0.250. The highest BCUT2D eigenvalue weighted by Crippen LogP contribution is 2.28. The summed E-state index contributed by atoms with van der Waals surface area (Å²) in [5.74, 6) is 0.0648. The summed E-state index contributed by atoms with van der Waals surface area (Å²) in [5.41, 5.74) is 5.88. The van der Waals surface area contributed by atoms with Gasteiger partial charge in [0.2, 0.25) is 5.91 Å². The van der Waals surface area contributed by atoms with Crippen LogP contribution in [0, 0.1) is 0 Å². The van der Waals surface area contributed by atoms with Crippen LogP contribution in [0.1, 0.15) is 31.7 Å². The van der Waals surface area contributed by atoms with Crippen LogP contribution in [0.3, 0.4) is 0 Å². The Balaban J connectivity index is 1.59. The largest absolute Gasteiger partial charge is 0.352 e. The molecule has 0 saturated carbocycles. The maximum Gasteiger partial charge on any atom is 0.220 e. The van der Waals surface area contributed by atoms with E-state index in [1.54, 1.807) is 31.0 Å². The van der Waals surface area contributed by atoms with Gasteiger partial charge in [0.25, 0.3) is 0 Å². The van der Waals surface area contributed by atoms with Crippen molar-refractivity contribution in [2.75, 3.05) is 0 Å². The predicted molar refractivity (Wildman–Crippen MR) is 106 cm³/mol. The number of amides is 1. The summed E-state index contributed by atoms with van der Waals surface area (Å²) in [7, 11) is 0. The zero-order valence-electron chi connectivity index (χ0n) is 15.6. The van der Waals surface area contributed by atoms with Crippen LogP contribution in [0.5, 0.6) is 0 Å². The maximum absolute atomic E-state index is 11.9. The van der Waals surface area contributed by atoms with Gasteiger partial charge in [0, 0.05) is 54.4 Å². The number of nitrogens with zero attached hydrogens (tertiary/aromatic N) is 4. The Bertz CT molecular complexity index is 1090. The van der Waals surface area contributed by atoms with Crippen LogP contribution >= 0.6 is 0 Å². The Morgan fingerprint density at radius 3 is 2.89 bits per heavy atom. The second-order valence-electron chi connectivity index (χ2n) is 6.60. The molecule has 1 amide bonds. The molecule has 4 aromatic rings. The molecule has 3 N–H and O–H groups in total. The van der Waals surface area contributed by atoms with Crippen LogP contribution in [0.2, 0.25) is 0 Å². The van der Waals surface area contributed by atoms with E-state index in [0.717, 1.165) is 46.3 Å². The number of rotatable bonds is 7. The first-order chi connectivity index (χ1) is 13.7. The van der Waals surface area contributed by atoms with Crippen LogP contribution < -0.4 is 5.32 Å².